The van der Waals surface area contributed by atoms with Gasteiger partial charge in [-0.2, -0.15) is 0 Å². The fraction of sp³-hybridized carbons (Fsp3) is 0.857. The predicted molar refractivity (Wildman–Crippen MR) is 84.7 cm³/mol. The zero-order valence-electron chi connectivity index (χ0n) is 13.3. The molecule has 0 aromatic carbocycles. The second kappa shape index (κ2) is 10.8. The molecule has 1 rings (SSSR count). The molecule has 1 fully saturated rings. The third-order valence-electron chi connectivity index (χ3n) is 3.60. The Morgan fingerprint density at radius 3 is 2.86 bits per heavy atom. The number of carbonyl (C=O) groups is 2. The lowest BCUT2D eigenvalue weighted by molar-refractivity contribution is -0.141. The van der Waals surface area contributed by atoms with E-state index in [9.17, 15) is 9.59 Å². The van der Waals surface area contributed by atoms with E-state index in [2.05, 4.69) is 12.2 Å². The van der Waals surface area contributed by atoms with Crippen LogP contribution in [0.5, 0.6) is 0 Å². The summed E-state index contributed by atoms with van der Waals surface area (Å²) in [7, 11) is 3.42. The van der Waals surface area contributed by atoms with Gasteiger partial charge in [0, 0.05) is 40.3 Å². The summed E-state index contributed by atoms with van der Waals surface area (Å²) in [6, 6.07) is -0.391. The van der Waals surface area contributed by atoms with E-state index in [1.54, 1.807) is 24.0 Å². The number of unbranched alkanes of at least 4 members (excludes halogenated alkanes) is 1. The summed E-state index contributed by atoms with van der Waals surface area (Å²) in [5.41, 5.74) is 0. The lowest BCUT2D eigenvalue weighted by Crippen LogP contribution is -2.56. The molecule has 124 valence electrons. The van der Waals surface area contributed by atoms with Crippen molar-refractivity contribution in [2.75, 3.05) is 46.9 Å². The molecule has 0 aromatic heterocycles. The van der Waals surface area contributed by atoms with Crippen LogP contribution in [0, 0.1) is 0 Å². The van der Waals surface area contributed by atoms with E-state index in [0.717, 1.165) is 25.9 Å². The van der Waals surface area contributed by atoms with Gasteiger partial charge in [-0.15, -0.1) is 12.4 Å². The summed E-state index contributed by atoms with van der Waals surface area (Å²) >= 11 is 0. The van der Waals surface area contributed by atoms with Crippen LogP contribution in [0.2, 0.25) is 0 Å². The molecule has 0 spiro atoms. The largest absolute Gasteiger partial charge is 0.383 e. The molecule has 2 amide bonds. The lowest BCUT2D eigenvalue weighted by atomic mass is 10.1. The number of hydrogen-bond donors (Lipinski definition) is 1. The average Bonchev–Trinajstić information content (AvgIpc) is 2.45. The topological polar surface area (TPSA) is 61.9 Å². The van der Waals surface area contributed by atoms with Crippen molar-refractivity contribution in [3.05, 3.63) is 0 Å². The average molecular weight is 322 g/mol. The quantitative estimate of drug-likeness (QED) is 0.707. The first-order valence-corrected chi connectivity index (χ1v) is 7.35. The van der Waals surface area contributed by atoms with Crippen molar-refractivity contribution in [3.63, 3.8) is 0 Å². The summed E-state index contributed by atoms with van der Waals surface area (Å²) in [6.45, 7) is 5.38. The van der Waals surface area contributed by atoms with Crippen LogP contribution in [-0.4, -0.2) is 74.6 Å². The SMILES string of the molecule is CCCCN(C)C(=O)CC1NCCN(CCOC)C1=O.Cl. The first kappa shape index (κ1) is 20.1. The van der Waals surface area contributed by atoms with Crippen LogP contribution >= 0.6 is 12.4 Å². The highest BCUT2D eigenvalue weighted by molar-refractivity contribution is 5.88. The molecule has 1 aliphatic rings. The van der Waals surface area contributed by atoms with Crippen molar-refractivity contribution in [2.45, 2.75) is 32.2 Å². The first-order valence-electron chi connectivity index (χ1n) is 7.35. The minimum Gasteiger partial charge on any atom is -0.383 e. The van der Waals surface area contributed by atoms with Gasteiger partial charge in [-0.3, -0.25) is 9.59 Å². The summed E-state index contributed by atoms with van der Waals surface area (Å²) in [4.78, 5) is 27.8. The van der Waals surface area contributed by atoms with Crippen molar-refractivity contribution in [1.29, 1.82) is 0 Å². The molecule has 1 heterocycles. The van der Waals surface area contributed by atoms with Crippen molar-refractivity contribution >= 4 is 24.2 Å². The number of methoxy groups -OCH3 is 1. The van der Waals surface area contributed by atoms with Gasteiger partial charge in [0.1, 0.15) is 0 Å². The fourth-order valence-electron chi connectivity index (χ4n) is 2.23. The third-order valence-corrected chi connectivity index (χ3v) is 3.60. The van der Waals surface area contributed by atoms with Crippen LogP contribution in [0.25, 0.3) is 0 Å². The zero-order valence-corrected chi connectivity index (χ0v) is 14.1. The highest BCUT2D eigenvalue weighted by Gasteiger charge is 2.30. The Balaban J connectivity index is 0.00000400. The third kappa shape index (κ3) is 6.63. The number of nitrogens with zero attached hydrogens (tertiary/aromatic N) is 2. The Bertz CT molecular complexity index is 329. The molecule has 0 aromatic rings. The first-order chi connectivity index (χ1) is 9.60. The molecule has 0 saturated carbocycles. The molecule has 1 N–H and O–H groups in total. The molecule has 6 nitrogen and oxygen atoms in total. The monoisotopic (exact) mass is 321 g/mol. The van der Waals surface area contributed by atoms with Crippen LogP contribution in [0.4, 0.5) is 0 Å². The Hall–Kier alpha value is -0.850. The number of carbonyl (C=O) groups excluding carboxylic acids is 2. The summed E-state index contributed by atoms with van der Waals surface area (Å²) < 4.78 is 5.00. The minimum atomic E-state index is -0.391. The molecule has 1 saturated heterocycles. The van der Waals surface area contributed by atoms with Gasteiger partial charge in [-0.05, 0) is 6.42 Å². The number of hydrogen-bond acceptors (Lipinski definition) is 4. The maximum absolute atomic E-state index is 12.2. The normalized spacial score (nSPS) is 18.3. The lowest BCUT2D eigenvalue weighted by Gasteiger charge is -2.33. The number of amides is 2. The molecule has 0 radical (unpaired) electrons. The number of halogens is 1. The molecular weight excluding hydrogens is 294 g/mol. The van der Waals surface area contributed by atoms with E-state index in [0.29, 0.717) is 19.7 Å². The zero-order chi connectivity index (χ0) is 15.0. The molecule has 1 unspecified atom stereocenters. The van der Waals surface area contributed by atoms with E-state index in [1.165, 1.54) is 0 Å². The Morgan fingerprint density at radius 1 is 1.52 bits per heavy atom. The Kier molecular flexibility index (Phi) is 10.4. The molecule has 0 bridgehead atoms. The van der Waals surface area contributed by atoms with E-state index in [1.807, 2.05) is 0 Å². The van der Waals surface area contributed by atoms with E-state index in [4.69, 9.17) is 4.74 Å². The van der Waals surface area contributed by atoms with Gasteiger partial charge >= 0.3 is 0 Å². The van der Waals surface area contributed by atoms with Crippen molar-refractivity contribution in [3.8, 4) is 0 Å². The number of piperazine rings is 1. The smallest absolute Gasteiger partial charge is 0.240 e. The van der Waals surface area contributed by atoms with Crippen molar-refractivity contribution < 1.29 is 14.3 Å². The van der Waals surface area contributed by atoms with Crippen LogP contribution in [0.3, 0.4) is 0 Å². The van der Waals surface area contributed by atoms with Gasteiger partial charge in [0.2, 0.25) is 11.8 Å². The Labute approximate surface area is 133 Å². The number of rotatable bonds is 8. The molecule has 21 heavy (non-hydrogen) atoms. The molecule has 1 atom stereocenters. The fourth-order valence-corrected chi connectivity index (χ4v) is 2.23. The summed E-state index contributed by atoms with van der Waals surface area (Å²) in [5.74, 6) is 0.0310. The highest BCUT2D eigenvalue weighted by Crippen LogP contribution is 2.07. The molecule has 1 aliphatic heterocycles. The standard InChI is InChI=1S/C14H27N3O3.ClH/c1-4-5-7-16(2)13(18)11-12-14(19)17(8-6-15-12)9-10-20-3;/h12,15H,4-11H2,1-3H3;1H. The summed E-state index contributed by atoms with van der Waals surface area (Å²) in [5, 5.41) is 3.14. The van der Waals surface area contributed by atoms with Crippen molar-refractivity contribution in [1.82, 2.24) is 15.1 Å². The van der Waals surface area contributed by atoms with Crippen LogP contribution in [-0.2, 0) is 14.3 Å². The van der Waals surface area contributed by atoms with Crippen molar-refractivity contribution in [2.24, 2.45) is 0 Å². The maximum atomic E-state index is 12.2. The minimum absolute atomic E-state index is 0. The predicted octanol–water partition coefficient (Wildman–Crippen LogP) is 0.504. The molecule has 7 heteroatoms. The van der Waals surface area contributed by atoms with Crippen LogP contribution in [0.1, 0.15) is 26.2 Å². The van der Waals surface area contributed by atoms with E-state index in [-0.39, 0.29) is 30.6 Å². The van der Waals surface area contributed by atoms with Gasteiger partial charge in [0.15, 0.2) is 0 Å². The summed E-state index contributed by atoms with van der Waals surface area (Å²) in [6.07, 6.45) is 2.29. The highest BCUT2D eigenvalue weighted by atomic mass is 35.5. The molecular formula is C14H28ClN3O3. The van der Waals surface area contributed by atoms with E-state index >= 15 is 0 Å². The van der Waals surface area contributed by atoms with Gasteiger partial charge in [-0.1, -0.05) is 13.3 Å². The second-order valence-electron chi connectivity index (χ2n) is 5.20. The van der Waals surface area contributed by atoms with Gasteiger partial charge in [0.25, 0.3) is 0 Å². The second-order valence-corrected chi connectivity index (χ2v) is 5.20. The maximum Gasteiger partial charge on any atom is 0.240 e. The van der Waals surface area contributed by atoms with Gasteiger partial charge in [0.05, 0.1) is 19.1 Å². The Morgan fingerprint density at radius 2 is 2.24 bits per heavy atom. The van der Waals surface area contributed by atoms with Gasteiger partial charge in [-0.25, -0.2) is 0 Å². The number of ether oxygens (including phenoxy) is 1. The van der Waals surface area contributed by atoms with E-state index < -0.39 is 6.04 Å². The van der Waals surface area contributed by atoms with Crippen LogP contribution < -0.4 is 5.32 Å². The number of nitrogens with one attached hydrogen (secondary N) is 1. The van der Waals surface area contributed by atoms with Gasteiger partial charge < -0.3 is 19.9 Å². The van der Waals surface area contributed by atoms with Crippen LogP contribution in [0.15, 0.2) is 0 Å². The molecule has 0 aliphatic carbocycles.